The predicted octanol–water partition coefficient (Wildman–Crippen LogP) is 5.10. The van der Waals surface area contributed by atoms with Crippen LogP contribution in [0.4, 0.5) is 10.1 Å². The summed E-state index contributed by atoms with van der Waals surface area (Å²) in [4.78, 5) is 13.6. The van der Waals surface area contributed by atoms with Gasteiger partial charge < -0.3 is 10.1 Å². The van der Waals surface area contributed by atoms with Crippen LogP contribution < -0.4 is 5.32 Å². The monoisotopic (exact) mass is 367 g/mol. The van der Waals surface area contributed by atoms with Gasteiger partial charge in [-0.3, -0.25) is 4.79 Å². The normalized spacial score (nSPS) is 20.5. The SMILES string of the molecule is CSc1cccc(C2=C/C(=C3\C(=O)Nc4cc(F)ccc43)OC2(C)C)c1. The Kier molecular flexibility index (Phi) is 3.92. The molecule has 2 heterocycles. The molecule has 5 heteroatoms. The minimum absolute atomic E-state index is 0.272. The summed E-state index contributed by atoms with van der Waals surface area (Å²) < 4.78 is 19.6. The van der Waals surface area contributed by atoms with Gasteiger partial charge in [-0.15, -0.1) is 11.8 Å². The Morgan fingerprint density at radius 2 is 1.96 bits per heavy atom. The first-order valence-electron chi connectivity index (χ1n) is 8.30. The fourth-order valence-corrected chi connectivity index (χ4v) is 3.86. The quantitative estimate of drug-likeness (QED) is 0.593. The average molecular weight is 367 g/mol. The van der Waals surface area contributed by atoms with Crippen molar-refractivity contribution in [2.45, 2.75) is 24.3 Å². The van der Waals surface area contributed by atoms with Crippen LogP contribution in [-0.4, -0.2) is 17.8 Å². The number of nitrogens with one attached hydrogen (secondary N) is 1. The van der Waals surface area contributed by atoms with Gasteiger partial charge in [0, 0.05) is 16.0 Å². The van der Waals surface area contributed by atoms with Crippen molar-refractivity contribution in [3.05, 3.63) is 71.2 Å². The zero-order valence-corrected chi connectivity index (χ0v) is 15.5. The van der Waals surface area contributed by atoms with Crippen LogP contribution in [0, 0.1) is 5.82 Å². The molecule has 0 spiro atoms. The van der Waals surface area contributed by atoms with Crippen LogP contribution in [0.3, 0.4) is 0 Å². The van der Waals surface area contributed by atoms with E-state index in [1.807, 2.05) is 38.3 Å². The number of thioether (sulfide) groups is 1. The number of carbonyl (C=O) groups is 1. The highest BCUT2D eigenvalue weighted by atomic mass is 32.2. The summed E-state index contributed by atoms with van der Waals surface area (Å²) in [6.45, 7) is 3.97. The molecule has 3 nitrogen and oxygen atoms in total. The molecule has 0 aliphatic carbocycles. The molecule has 4 rings (SSSR count). The lowest BCUT2D eigenvalue weighted by molar-refractivity contribution is -0.111. The maximum atomic E-state index is 13.5. The van der Waals surface area contributed by atoms with Crippen molar-refractivity contribution in [3.63, 3.8) is 0 Å². The summed E-state index contributed by atoms with van der Waals surface area (Å²) in [5.41, 5.74) is 3.10. The molecule has 132 valence electrons. The van der Waals surface area contributed by atoms with E-state index in [2.05, 4.69) is 17.4 Å². The van der Waals surface area contributed by atoms with Gasteiger partial charge in [-0.2, -0.15) is 0 Å². The fraction of sp³-hybridized carbons (Fsp3) is 0.190. The van der Waals surface area contributed by atoms with Gasteiger partial charge in [0.25, 0.3) is 5.91 Å². The lowest BCUT2D eigenvalue weighted by atomic mass is 9.92. The second-order valence-corrected chi connectivity index (χ2v) is 7.67. The molecule has 0 aromatic heterocycles. The number of hydrogen-bond acceptors (Lipinski definition) is 3. The van der Waals surface area contributed by atoms with Crippen LogP contribution in [0.2, 0.25) is 0 Å². The van der Waals surface area contributed by atoms with Crippen molar-refractivity contribution in [1.29, 1.82) is 0 Å². The van der Waals surface area contributed by atoms with Crippen molar-refractivity contribution in [1.82, 2.24) is 0 Å². The molecule has 1 N–H and O–H groups in total. The predicted molar refractivity (Wildman–Crippen MR) is 103 cm³/mol. The first-order chi connectivity index (χ1) is 12.4. The molecule has 2 aliphatic rings. The zero-order chi connectivity index (χ0) is 18.5. The molecule has 0 atom stereocenters. The standard InChI is InChI=1S/C21H18FNO2S/c1-21(2)16(12-5-4-6-14(9-12)26-3)11-18(25-21)19-15-8-7-13(22)10-17(15)23-20(19)24/h4-11H,1-3H3,(H,23,24)/b19-18+. The van der Waals surface area contributed by atoms with E-state index in [0.717, 1.165) is 11.1 Å². The number of allylic oxidation sites excluding steroid dienone is 1. The first kappa shape index (κ1) is 16.9. The van der Waals surface area contributed by atoms with Gasteiger partial charge in [-0.25, -0.2) is 4.39 Å². The van der Waals surface area contributed by atoms with Crippen LogP contribution >= 0.6 is 11.8 Å². The van der Waals surface area contributed by atoms with E-state index in [1.165, 1.54) is 17.0 Å². The second-order valence-electron chi connectivity index (χ2n) is 6.79. The van der Waals surface area contributed by atoms with E-state index in [0.29, 0.717) is 22.6 Å². The van der Waals surface area contributed by atoms with Crippen molar-refractivity contribution in [2.24, 2.45) is 0 Å². The van der Waals surface area contributed by atoms with Crippen LogP contribution in [0.5, 0.6) is 0 Å². The molecule has 1 amide bonds. The van der Waals surface area contributed by atoms with E-state index >= 15 is 0 Å². The number of benzene rings is 2. The van der Waals surface area contributed by atoms with Gasteiger partial charge in [-0.05, 0) is 62.1 Å². The summed E-state index contributed by atoms with van der Waals surface area (Å²) in [5.74, 6) is -0.137. The molecule has 26 heavy (non-hydrogen) atoms. The van der Waals surface area contributed by atoms with Crippen LogP contribution in [0.15, 0.2) is 59.2 Å². The van der Waals surface area contributed by atoms with Crippen molar-refractivity contribution in [3.8, 4) is 0 Å². The topological polar surface area (TPSA) is 38.3 Å². The first-order valence-corrected chi connectivity index (χ1v) is 9.53. The molecule has 0 saturated carbocycles. The van der Waals surface area contributed by atoms with E-state index in [1.54, 1.807) is 17.8 Å². The molecule has 0 saturated heterocycles. The van der Waals surface area contributed by atoms with Crippen LogP contribution in [-0.2, 0) is 9.53 Å². The Bertz CT molecular complexity index is 991. The van der Waals surface area contributed by atoms with Crippen molar-refractivity contribution in [2.75, 3.05) is 11.6 Å². The summed E-state index contributed by atoms with van der Waals surface area (Å²) in [7, 11) is 0. The van der Waals surface area contributed by atoms with E-state index in [9.17, 15) is 9.18 Å². The van der Waals surface area contributed by atoms with Crippen molar-refractivity contribution < 1.29 is 13.9 Å². The van der Waals surface area contributed by atoms with E-state index < -0.39 is 5.60 Å². The summed E-state index contributed by atoms with van der Waals surface area (Å²) in [5, 5.41) is 2.72. The Hall–Kier alpha value is -2.53. The summed E-state index contributed by atoms with van der Waals surface area (Å²) in [6.07, 6.45) is 3.96. The lowest BCUT2D eigenvalue weighted by Crippen LogP contribution is -2.21. The highest BCUT2D eigenvalue weighted by Gasteiger charge is 2.38. The highest BCUT2D eigenvalue weighted by Crippen LogP contribution is 2.44. The minimum atomic E-state index is -0.567. The lowest BCUT2D eigenvalue weighted by Gasteiger charge is -2.23. The van der Waals surface area contributed by atoms with Crippen LogP contribution in [0.25, 0.3) is 11.1 Å². The molecule has 0 fully saturated rings. The zero-order valence-electron chi connectivity index (χ0n) is 14.7. The molecule has 2 aromatic carbocycles. The molecule has 0 unspecified atom stereocenters. The number of halogens is 1. The molecule has 2 aliphatic heterocycles. The number of carbonyl (C=O) groups excluding carboxylic acids is 1. The second kappa shape index (κ2) is 6.02. The van der Waals surface area contributed by atoms with Gasteiger partial charge in [0.2, 0.25) is 0 Å². The number of hydrogen-bond donors (Lipinski definition) is 1. The number of amides is 1. The minimum Gasteiger partial charge on any atom is -0.482 e. The fourth-order valence-electron chi connectivity index (χ4n) is 3.40. The smallest absolute Gasteiger partial charge is 0.260 e. The maximum Gasteiger partial charge on any atom is 0.260 e. The molecule has 2 aromatic rings. The number of ether oxygens (including phenoxy) is 1. The van der Waals surface area contributed by atoms with Gasteiger partial charge in [-0.1, -0.05) is 12.1 Å². The Morgan fingerprint density at radius 3 is 2.73 bits per heavy atom. The molecular formula is C21H18FNO2S. The molecule has 0 radical (unpaired) electrons. The highest BCUT2D eigenvalue weighted by molar-refractivity contribution is 7.98. The number of anilines is 1. The largest absolute Gasteiger partial charge is 0.482 e. The molecule has 0 bridgehead atoms. The van der Waals surface area contributed by atoms with Crippen LogP contribution in [0.1, 0.15) is 25.0 Å². The summed E-state index contributed by atoms with van der Waals surface area (Å²) in [6, 6.07) is 12.5. The third kappa shape index (κ3) is 2.72. The van der Waals surface area contributed by atoms with E-state index in [-0.39, 0.29) is 11.7 Å². The summed E-state index contributed by atoms with van der Waals surface area (Å²) >= 11 is 1.68. The van der Waals surface area contributed by atoms with Gasteiger partial charge >= 0.3 is 0 Å². The maximum absolute atomic E-state index is 13.5. The van der Waals surface area contributed by atoms with Gasteiger partial charge in [0.15, 0.2) is 0 Å². The Labute approximate surface area is 155 Å². The van der Waals surface area contributed by atoms with Gasteiger partial charge in [0.05, 0.1) is 11.3 Å². The number of rotatable bonds is 2. The molecular weight excluding hydrogens is 349 g/mol. The third-order valence-electron chi connectivity index (χ3n) is 4.64. The average Bonchev–Trinajstić information content (AvgIpc) is 3.09. The van der Waals surface area contributed by atoms with E-state index in [4.69, 9.17) is 4.74 Å². The van der Waals surface area contributed by atoms with Gasteiger partial charge in [0.1, 0.15) is 17.2 Å². The Morgan fingerprint density at radius 1 is 1.15 bits per heavy atom. The number of fused-ring (bicyclic) bond motifs is 1. The third-order valence-corrected chi connectivity index (χ3v) is 5.37. The Balaban J connectivity index is 1.86. The van der Waals surface area contributed by atoms with Crippen molar-refractivity contribution >= 4 is 34.5 Å².